The van der Waals surface area contributed by atoms with E-state index in [1.54, 1.807) is 18.2 Å². The number of likely N-dealkylation sites (tertiary alicyclic amines) is 1. The highest BCUT2D eigenvalue weighted by Crippen LogP contribution is 2.24. The second kappa shape index (κ2) is 6.41. The molecule has 0 bridgehead atoms. The van der Waals surface area contributed by atoms with Gasteiger partial charge in [-0.15, -0.1) is 5.10 Å². The molecule has 1 atom stereocenters. The monoisotopic (exact) mass is 320 g/mol. The van der Waals surface area contributed by atoms with Gasteiger partial charge in [-0.2, -0.15) is 0 Å². The fraction of sp³-hybridized carbons (Fsp3) is 0.429. The van der Waals surface area contributed by atoms with Crippen LogP contribution >= 0.6 is 11.6 Å². The number of rotatable bonds is 4. The summed E-state index contributed by atoms with van der Waals surface area (Å²) in [4.78, 5) is 14.5. The van der Waals surface area contributed by atoms with Crippen LogP contribution in [0.25, 0.3) is 5.69 Å². The first kappa shape index (κ1) is 14.9. The fourth-order valence-electron chi connectivity index (χ4n) is 2.74. The maximum atomic E-state index is 12.6. The third-order valence-electron chi connectivity index (χ3n) is 3.86. The lowest BCUT2D eigenvalue weighted by Crippen LogP contribution is -2.30. The van der Waals surface area contributed by atoms with Crippen molar-refractivity contribution in [1.82, 2.24) is 30.4 Å². The standard InChI is InChI=1S/C14H17ClN6O/c1-16-7-10-4-5-20(8-10)14(22)12-3-2-11(6-13(12)15)21-9-17-18-19-21/h2-3,6,9-10,16H,4-5,7-8H2,1H3/t10-/m1/s1. The summed E-state index contributed by atoms with van der Waals surface area (Å²) in [6.45, 7) is 2.47. The number of halogens is 1. The highest BCUT2D eigenvalue weighted by atomic mass is 35.5. The van der Waals surface area contributed by atoms with Crippen LogP contribution in [0.1, 0.15) is 16.8 Å². The highest BCUT2D eigenvalue weighted by molar-refractivity contribution is 6.34. The van der Waals surface area contributed by atoms with Gasteiger partial charge in [0.2, 0.25) is 0 Å². The van der Waals surface area contributed by atoms with E-state index in [1.807, 2.05) is 11.9 Å². The maximum Gasteiger partial charge on any atom is 0.255 e. The van der Waals surface area contributed by atoms with Gasteiger partial charge in [0.05, 0.1) is 16.3 Å². The molecular weight excluding hydrogens is 304 g/mol. The molecule has 0 aliphatic carbocycles. The molecule has 0 saturated carbocycles. The minimum absolute atomic E-state index is 0.0214. The van der Waals surface area contributed by atoms with Crippen molar-refractivity contribution in [2.24, 2.45) is 5.92 Å². The summed E-state index contributed by atoms with van der Waals surface area (Å²) in [6, 6.07) is 5.22. The SMILES string of the molecule is CNC[C@H]1CCN(C(=O)c2ccc(-n3cnnn3)cc2Cl)C1. The molecule has 8 heteroatoms. The molecule has 1 fully saturated rings. The Morgan fingerprint density at radius 1 is 1.50 bits per heavy atom. The molecule has 0 unspecified atom stereocenters. The van der Waals surface area contributed by atoms with Crippen molar-refractivity contribution in [1.29, 1.82) is 0 Å². The van der Waals surface area contributed by atoms with Crippen molar-refractivity contribution in [2.45, 2.75) is 6.42 Å². The van der Waals surface area contributed by atoms with E-state index >= 15 is 0 Å². The van der Waals surface area contributed by atoms with Crippen LogP contribution in [0.15, 0.2) is 24.5 Å². The Balaban J connectivity index is 1.76. The minimum atomic E-state index is -0.0214. The molecule has 116 valence electrons. The van der Waals surface area contributed by atoms with Crippen molar-refractivity contribution >= 4 is 17.5 Å². The smallest absolute Gasteiger partial charge is 0.255 e. The molecule has 1 amide bonds. The molecule has 3 rings (SSSR count). The lowest BCUT2D eigenvalue weighted by molar-refractivity contribution is 0.0787. The molecule has 2 heterocycles. The third kappa shape index (κ3) is 2.95. The lowest BCUT2D eigenvalue weighted by atomic mass is 10.1. The molecule has 22 heavy (non-hydrogen) atoms. The van der Waals surface area contributed by atoms with Gasteiger partial charge in [0.15, 0.2) is 0 Å². The Labute approximate surface area is 133 Å². The predicted molar refractivity (Wildman–Crippen MR) is 82.1 cm³/mol. The summed E-state index contributed by atoms with van der Waals surface area (Å²) < 4.78 is 1.50. The van der Waals surface area contributed by atoms with Crippen molar-refractivity contribution in [2.75, 3.05) is 26.7 Å². The summed E-state index contributed by atoms with van der Waals surface area (Å²) in [5.74, 6) is 0.486. The molecule has 1 saturated heterocycles. The normalized spacial score (nSPS) is 17.9. The van der Waals surface area contributed by atoms with Crippen molar-refractivity contribution in [3.63, 3.8) is 0 Å². The van der Waals surface area contributed by atoms with Gasteiger partial charge in [-0.1, -0.05) is 11.6 Å². The van der Waals surface area contributed by atoms with Crippen LogP contribution in [0.2, 0.25) is 5.02 Å². The van der Waals surface area contributed by atoms with Crippen molar-refractivity contribution < 1.29 is 4.79 Å². The topological polar surface area (TPSA) is 75.9 Å². The molecule has 1 aliphatic rings. The quantitative estimate of drug-likeness (QED) is 0.909. The van der Waals surface area contributed by atoms with Gasteiger partial charge in [-0.25, -0.2) is 4.68 Å². The average molecular weight is 321 g/mol. The van der Waals surface area contributed by atoms with Gasteiger partial charge >= 0.3 is 0 Å². The van der Waals surface area contributed by atoms with Crippen LogP contribution in [0.4, 0.5) is 0 Å². The summed E-state index contributed by atoms with van der Waals surface area (Å²) in [5.41, 5.74) is 1.24. The lowest BCUT2D eigenvalue weighted by Gasteiger charge is -2.17. The van der Waals surface area contributed by atoms with Crippen LogP contribution in [0.5, 0.6) is 0 Å². The number of carbonyl (C=O) groups is 1. The molecule has 7 nitrogen and oxygen atoms in total. The Morgan fingerprint density at radius 3 is 3.05 bits per heavy atom. The zero-order valence-corrected chi connectivity index (χ0v) is 13.0. The summed E-state index contributed by atoms with van der Waals surface area (Å²) in [7, 11) is 1.93. The number of amides is 1. The van der Waals surface area contributed by atoms with Crippen molar-refractivity contribution in [3.8, 4) is 5.69 Å². The fourth-order valence-corrected chi connectivity index (χ4v) is 3.00. The second-order valence-electron chi connectivity index (χ2n) is 5.38. The number of aromatic nitrogens is 4. The number of hydrogen-bond acceptors (Lipinski definition) is 5. The number of nitrogens with one attached hydrogen (secondary N) is 1. The van der Waals surface area contributed by atoms with E-state index < -0.39 is 0 Å². The summed E-state index contributed by atoms with van der Waals surface area (Å²) in [6.07, 6.45) is 2.50. The van der Waals surface area contributed by atoms with E-state index in [4.69, 9.17) is 11.6 Å². The summed E-state index contributed by atoms with van der Waals surface area (Å²) >= 11 is 6.28. The molecule has 1 aromatic carbocycles. The molecular formula is C14H17ClN6O. The van der Waals surface area contributed by atoms with Gasteiger partial charge in [0.25, 0.3) is 5.91 Å². The first-order chi connectivity index (χ1) is 10.7. The first-order valence-corrected chi connectivity index (χ1v) is 7.53. The third-order valence-corrected chi connectivity index (χ3v) is 4.18. The van der Waals surface area contributed by atoms with Gasteiger partial charge < -0.3 is 10.2 Å². The van der Waals surface area contributed by atoms with E-state index in [0.717, 1.165) is 31.7 Å². The van der Waals surface area contributed by atoms with Crippen LogP contribution < -0.4 is 5.32 Å². The first-order valence-electron chi connectivity index (χ1n) is 7.16. The molecule has 0 radical (unpaired) electrons. The van der Waals surface area contributed by atoms with E-state index in [2.05, 4.69) is 20.8 Å². The van der Waals surface area contributed by atoms with E-state index in [1.165, 1.54) is 11.0 Å². The second-order valence-corrected chi connectivity index (χ2v) is 5.79. The van der Waals surface area contributed by atoms with Crippen LogP contribution in [-0.2, 0) is 0 Å². The van der Waals surface area contributed by atoms with Gasteiger partial charge in [0.1, 0.15) is 6.33 Å². The molecule has 1 aliphatic heterocycles. The average Bonchev–Trinajstić information content (AvgIpc) is 3.18. The molecule has 1 N–H and O–H groups in total. The zero-order chi connectivity index (χ0) is 15.5. The van der Waals surface area contributed by atoms with Crippen LogP contribution in [0, 0.1) is 5.92 Å². The number of benzene rings is 1. The molecule has 1 aromatic heterocycles. The zero-order valence-electron chi connectivity index (χ0n) is 12.2. The largest absolute Gasteiger partial charge is 0.338 e. The number of nitrogens with zero attached hydrogens (tertiary/aromatic N) is 5. The maximum absolute atomic E-state index is 12.6. The highest BCUT2D eigenvalue weighted by Gasteiger charge is 2.27. The Kier molecular flexibility index (Phi) is 4.35. The number of carbonyl (C=O) groups excluding carboxylic acids is 1. The molecule has 2 aromatic rings. The molecule has 0 spiro atoms. The predicted octanol–water partition coefficient (Wildman–Crippen LogP) is 0.997. The van der Waals surface area contributed by atoms with Gasteiger partial charge in [-0.3, -0.25) is 4.79 Å². The van der Waals surface area contributed by atoms with E-state index in [-0.39, 0.29) is 5.91 Å². The van der Waals surface area contributed by atoms with E-state index in [0.29, 0.717) is 16.5 Å². The van der Waals surface area contributed by atoms with Gasteiger partial charge in [0, 0.05) is 13.1 Å². The summed E-state index contributed by atoms with van der Waals surface area (Å²) in [5, 5.41) is 14.5. The Morgan fingerprint density at radius 2 is 2.36 bits per heavy atom. The Hall–Kier alpha value is -1.99. The Bertz CT molecular complexity index is 659. The van der Waals surface area contributed by atoms with Gasteiger partial charge in [-0.05, 0) is 54.6 Å². The minimum Gasteiger partial charge on any atom is -0.338 e. The number of tetrazole rings is 1. The van der Waals surface area contributed by atoms with Crippen molar-refractivity contribution in [3.05, 3.63) is 35.1 Å². The van der Waals surface area contributed by atoms with Crippen LogP contribution in [-0.4, -0.2) is 57.7 Å². The van der Waals surface area contributed by atoms with Crippen LogP contribution in [0.3, 0.4) is 0 Å². The number of hydrogen-bond donors (Lipinski definition) is 1. The van der Waals surface area contributed by atoms with E-state index in [9.17, 15) is 4.79 Å².